The maximum atomic E-state index is 12.8. The van der Waals surface area contributed by atoms with Gasteiger partial charge in [-0.1, -0.05) is 0 Å². The van der Waals surface area contributed by atoms with Gasteiger partial charge in [-0.25, -0.2) is 20.8 Å². The predicted octanol–water partition coefficient (Wildman–Crippen LogP) is 4.29. The van der Waals surface area contributed by atoms with Crippen LogP contribution in [0.3, 0.4) is 0 Å². The highest BCUT2D eigenvalue weighted by Crippen LogP contribution is 2.31. The molecular weight excluding hydrogens is 530 g/mol. The Bertz CT molecular complexity index is 1170. The summed E-state index contributed by atoms with van der Waals surface area (Å²) < 4.78 is 87.9. The van der Waals surface area contributed by atoms with Crippen molar-refractivity contribution < 1.29 is 35.8 Å². The van der Waals surface area contributed by atoms with E-state index >= 15 is 0 Å². The van der Waals surface area contributed by atoms with Crippen molar-refractivity contribution in [2.24, 2.45) is 9.98 Å². The Morgan fingerprint density at radius 3 is 1.62 bits per heavy atom. The quantitative estimate of drug-likeness (QED) is 0.390. The Hall–Kier alpha value is -3.84. The lowest BCUT2D eigenvalue weighted by atomic mass is 10.1. The average Bonchev–Trinajstić information content (AvgIpc) is 3.54. The predicted molar refractivity (Wildman–Crippen MR) is 135 cm³/mol. The van der Waals surface area contributed by atoms with Crippen molar-refractivity contribution in [1.82, 2.24) is 10.9 Å². The minimum atomic E-state index is -4.39. The Balaban J connectivity index is 1.25. The summed E-state index contributed by atoms with van der Waals surface area (Å²) in [5.74, 6) is 0. The van der Waals surface area contributed by atoms with Crippen molar-refractivity contribution in [1.29, 1.82) is 0 Å². The summed E-state index contributed by atoms with van der Waals surface area (Å²) in [6.45, 7) is 3.92. The normalized spacial score (nSPS) is 19.1. The van der Waals surface area contributed by atoms with E-state index in [1.165, 1.54) is 24.3 Å². The topological polar surface area (TPSA) is 73.7 Å². The van der Waals surface area contributed by atoms with Gasteiger partial charge in [-0.15, -0.1) is 0 Å². The number of ether oxygens (including phenoxy) is 2. The number of amidine groups is 2. The second kappa shape index (κ2) is 11.5. The van der Waals surface area contributed by atoms with Gasteiger partial charge in [0.15, 0.2) is 0 Å². The number of anilines is 2. The summed E-state index contributed by atoms with van der Waals surface area (Å²) >= 11 is 0. The molecule has 2 aliphatic rings. The second-order valence-electron chi connectivity index (χ2n) is 9.06. The zero-order valence-electron chi connectivity index (χ0n) is 21.2. The molecule has 0 bridgehead atoms. The fourth-order valence-electron chi connectivity index (χ4n) is 4.12. The number of hydrazine groups is 1. The molecule has 0 fully saturated rings. The van der Waals surface area contributed by atoms with E-state index in [9.17, 15) is 26.3 Å². The van der Waals surface area contributed by atoms with Gasteiger partial charge in [-0.3, -0.25) is 0 Å². The molecule has 2 atom stereocenters. The summed E-state index contributed by atoms with van der Waals surface area (Å²) in [5, 5.41) is 0. The molecule has 4 rings (SSSR count). The van der Waals surface area contributed by atoms with Crippen molar-refractivity contribution in [2.75, 3.05) is 49.7 Å². The van der Waals surface area contributed by atoms with Crippen LogP contribution in [0.15, 0.2) is 58.5 Å². The van der Waals surface area contributed by atoms with Crippen LogP contribution < -0.4 is 20.7 Å². The van der Waals surface area contributed by atoms with E-state index in [1.807, 2.05) is 11.8 Å². The summed E-state index contributed by atoms with van der Waals surface area (Å²) in [6.07, 6.45) is -8.77. The molecule has 2 unspecified atom stereocenters. The zero-order chi connectivity index (χ0) is 28.2. The highest BCUT2D eigenvalue weighted by Gasteiger charge is 2.31. The lowest BCUT2D eigenvalue weighted by Gasteiger charge is -2.25. The number of aliphatic imine (C=N–C) groups is 2. The third-order valence-corrected chi connectivity index (χ3v) is 6.19. The second-order valence-corrected chi connectivity index (χ2v) is 9.06. The van der Waals surface area contributed by atoms with Gasteiger partial charge < -0.3 is 19.3 Å². The van der Waals surface area contributed by atoms with Gasteiger partial charge in [0.05, 0.1) is 11.1 Å². The molecule has 2 aromatic carbocycles. The maximum Gasteiger partial charge on any atom is 0.416 e. The van der Waals surface area contributed by atoms with Crippen LogP contribution in [0.25, 0.3) is 0 Å². The van der Waals surface area contributed by atoms with E-state index in [2.05, 4.69) is 20.8 Å². The molecule has 0 saturated carbocycles. The van der Waals surface area contributed by atoms with Crippen LogP contribution in [-0.2, 0) is 21.8 Å². The molecule has 0 spiro atoms. The standard InChI is InChI=1S/C25H28F6N6O2/c1-3-37(21-10-6-17(7-11-21)25(29,30)31)13-19-15-39-23(33-19)35-34-22-32-18(14-38-22)12-36(2)20-8-4-16(5-9-20)24(26,27)28/h4-11,18-19H,3,12-15H2,1-2H3,(H,32,34)(H,33,35). The Kier molecular flexibility index (Phi) is 8.31. The SMILES string of the molecule is CCN(CC1COC(NNC2=NC(CN(C)c3ccc(C(F)(F)F)cc3)CO2)=N1)c1ccc(C(F)(F)F)cc1. The van der Waals surface area contributed by atoms with Crippen LogP contribution in [0.5, 0.6) is 0 Å². The lowest BCUT2D eigenvalue weighted by molar-refractivity contribution is -0.138. The number of nitrogens with one attached hydrogen (secondary N) is 2. The third kappa shape index (κ3) is 7.39. The van der Waals surface area contributed by atoms with Gasteiger partial charge in [-0.05, 0) is 55.5 Å². The van der Waals surface area contributed by atoms with E-state index in [-0.39, 0.29) is 37.3 Å². The molecule has 0 aliphatic carbocycles. The van der Waals surface area contributed by atoms with Crippen molar-refractivity contribution >= 4 is 23.4 Å². The first-order valence-corrected chi connectivity index (χ1v) is 12.2. The maximum absolute atomic E-state index is 12.8. The summed E-state index contributed by atoms with van der Waals surface area (Å²) in [7, 11) is 1.76. The zero-order valence-corrected chi connectivity index (χ0v) is 21.2. The minimum absolute atomic E-state index is 0.218. The fourth-order valence-corrected chi connectivity index (χ4v) is 4.12. The largest absolute Gasteiger partial charge is 0.462 e. The molecule has 2 aromatic rings. The summed E-state index contributed by atoms with van der Waals surface area (Å²) in [4.78, 5) is 12.6. The van der Waals surface area contributed by atoms with Crippen LogP contribution in [0.1, 0.15) is 18.1 Å². The van der Waals surface area contributed by atoms with Gasteiger partial charge in [0.2, 0.25) is 0 Å². The smallest absolute Gasteiger partial charge is 0.416 e. The molecule has 0 saturated heterocycles. The fraction of sp³-hybridized carbons (Fsp3) is 0.440. The average molecular weight is 559 g/mol. The first-order chi connectivity index (χ1) is 18.4. The van der Waals surface area contributed by atoms with Gasteiger partial charge >= 0.3 is 24.4 Å². The van der Waals surface area contributed by atoms with Crippen molar-refractivity contribution in [2.45, 2.75) is 31.4 Å². The number of benzene rings is 2. The lowest BCUT2D eigenvalue weighted by Crippen LogP contribution is -2.42. The van der Waals surface area contributed by atoms with Crippen molar-refractivity contribution in [3.05, 3.63) is 59.7 Å². The molecular formula is C25H28F6N6O2. The van der Waals surface area contributed by atoms with Crippen LogP contribution in [0.2, 0.25) is 0 Å². The van der Waals surface area contributed by atoms with E-state index in [4.69, 9.17) is 9.47 Å². The van der Waals surface area contributed by atoms with Gasteiger partial charge in [-0.2, -0.15) is 26.3 Å². The minimum Gasteiger partial charge on any atom is -0.462 e. The number of alkyl halides is 6. The van der Waals surface area contributed by atoms with Gasteiger partial charge in [0, 0.05) is 38.1 Å². The Labute approximate surface area is 221 Å². The van der Waals surface area contributed by atoms with Crippen LogP contribution in [0, 0.1) is 0 Å². The van der Waals surface area contributed by atoms with E-state index in [1.54, 1.807) is 11.9 Å². The Morgan fingerprint density at radius 1 is 0.744 bits per heavy atom. The summed E-state index contributed by atoms with van der Waals surface area (Å²) in [5.41, 5.74) is 5.45. The number of nitrogens with zero attached hydrogens (tertiary/aromatic N) is 4. The van der Waals surface area contributed by atoms with Crippen molar-refractivity contribution in [3.63, 3.8) is 0 Å². The molecule has 0 radical (unpaired) electrons. The molecule has 14 heteroatoms. The number of halogens is 6. The first-order valence-electron chi connectivity index (χ1n) is 12.2. The van der Waals surface area contributed by atoms with Crippen LogP contribution >= 0.6 is 0 Å². The highest BCUT2D eigenvalue weighted by atomic mass is 19.4. The number of hydrogen-bond donors (Lipinski definition) is 2. The third-order valence-electron chi connectivity index (χ3n) is 6.19. The molecule has 2 N–H and O–H groups in total. The summed E-state index contributed by atoms with van der Waals surface area (Å²) in [6, 6.07) is 9.83. The molecule has 2 aliphatic heterocycles. The number of rotatable bonds is 7. The van der Waals surface area contributed by atoms with Gasteiger partial charge in [0.25, 0.3) is 0 Å². The Morgan fingerprint density at radius 2 is 1.18 bits per heavy atom. The number of hydrogen-bond acceptors (Lipinski definition) is 8. The monoisotopic (exact) mass is 558 g/mol. The molecule has 2 heterocycles. The molecule has 0 amide bonds. The van der Waals surface area contributed by atoms with E-state index < -0.39 is 23.5 Å². The van der Waals surface area contributed by atoms with Crippen molar-refractivity contribution in [3.8, 4) is 0 Å². The van der Waals surface area contributed by atoms with Gasteiger partial charge in [0.1, 0.15) is 25.3 Å². The van der Waals surface area contributed by atoms with Crippen LogP contribution in [-0.4, -0.2) is 64.0 Å². The molecule has 0 aromatic heterocycles. The number of likely N-dealkylation sites (N-methyl/N-ethyl adjacent to an activating group) is 2. The van der Waals surface area contributed by atoms with E-state index in [0.717, 1.165) is 24.3 Å². The molecule has 212 valence electrons. The first kappa shape index (κ1) is 28.2. The van der Waals surface area contributed by atoms with Crippen LogP contribution in [0.4, 0.5) is 37.7 Å². The molecule has 39 heavy (non-hydrogen) atoms. The molecule has 8 nitrogen and oxygen atoms in total. The van der Waals surface area contributed by atoms with E-state index in [0.29, 0.717) is 31.0 Å². The highest BCUT2D eigenvalue weighted by molar-refractivity contribution is 5.81.